The number of nitrogens with two attached hydrogens (primary N) is 1. The Bertz CT molecular complexity index is 424. The Kier molecular flexibility index (Phi) is 6.31. The van der Waals surface area contributed by atoms with Gasteiger partial charge in [-0.1, -0.05) is 28.9 Å². The van der Waals surface area contributed by atoms with Gasteiger partial charge in [0.1, 0.15) is 11.9 Å². The van der Waals surface area contributed by atoms with Gasteiger partial charge in [-0.15, -0.1) is 0 Å². The largest absolute Gasteiger partial charge is 0.489 e. The minimum Gasteiger partial charge on any atom is -0.489 e. The number of benzene rings is 1. The maximum Gasteiger partial charge on any atom is 0.224 e. The van der Waals surface area contributed by atoms with Gasteiger partial charge in [-0.25, -0.2) is 0 Å². The summed E-state index contributed by atoms with van der Waals surface area (Å²) in [6.07, 6.45) is -0.0986. The Morgan fingerprint density at radius 1 is 1.42 bits per heavy atom. The summed E-state index contributed by atoms with van der Waals surface area (Å²) in [5.41, 5.74) is 5.69. The monoisotopic (exact) mass is 328 g/mol. The summed E-state index contributed by atoms with van der Waals surface area (Å²) in [4.78, 5) is 11.7. The average molecular weight is 329 g/mol. The van der Waals surface area contributed by atoms with Crippen LogP contribution in [0.25, 0.3) is 0 Å². The smallest absolute Gasteiger partial charge is 0.224 e. The van der Waals surface area contributed by atoms with Gasteiger partial charge in [0.05, 0.1) is 6.54 Å². The maximum absolute atomic E-state index is 11.7. The fourth-order valence-corrected chi connectivity index (χ4v) is 1.84. The van der Waals surface area contributed by atoms with Crippen molar-refractivity contribution in [3.63, 3.8) is 0 Å². The predicted molar refractivity (Wildman–Crippen MR) is 80.1 cm³/mol. The van der Waals surface area contributed by atoms with E-state index in [1.54, 1.807) is 0 Å². The van der Waals surface area contributed by atoms with Gasteiger partial charge in [0.2, 0.25) is 5.91 Å². The zero-order chi connectivity index (χ0) is 14.4. The van der Waals surface area contributed by atoms with E-state index in [4.69, 9.17) is 10.5 Å². The first-order valence-corrected chi connectivity index (χ1v) is 7.15. The summed E-state index contributed by atoms with van der Waals surface area (Å²) >= 11 is 3.39. The second kappa shape index (κ2) is 7.50. The lowest BCUT2D eigenvalue weighted by Gasteiger charge is -2.19. The van der Waals surface area contributed by atoms with Crippen molar-refractivity contribution in [1.82, 2.24) is 5.32 Å². The molecule has 1 aromatic carbocycles. The zero-order valence-electron chi connectivity index (χ0n) is 11.5. The molecule has 0 heterocycles. The van der Waals surface area contributed by atoms with Crippen molar-refractivity contribution in [2.45, 2.75) is 32.9 Å². The highest BCUT2D eigenvalue weighted by atomic mass is 79.9. The van der Waals surface area contributed by atoms with Crippen LogP contribution in [0.1, 0.15) is 20.8 Å². The summed E-state index contributed by atoms with van der Waals surface area (Å²) < 4.78 is 6.67. The lowest BCUT2D eigenvalue weighted by molar-refractivity contribution is -0.125. The van der Waals surface area contributed by atoms with Gasteiger partial charge in [0, 0.05) is 16.4 Å². The third kappa shape index (κ3) is 5.61. The molecule has 0 aliphatic rings. The van der Waals surface area contributed by atoms with Crippen LogP contribution in [0.4, 0.5) is 0 Å². The van der Waals surface area contributed by atoms with Gasteiger partial charge >= 0.3 is 0 Å². The first-order valence-electron chi connectivity index (χ1n) is 6.35. The third-order valence-electron chi connectivity index (χ3n) is 2.90. The number of carbonyl (C=O) groups is 1. The molecule has 0 aliphatic carbocycles. The number of amides is 1. The molecule has 1 amide bonds. The minimum atomic E-state index is -0.196. The van der Waals surface area contributed by atoms with Gasteiger partial charge in [-0.2, -0.15) is 0 Å². The molecule has 0 bridgehead atoms. The molecule has 1 rings (SSSR count). The maximum atomic E-state index is 11.7. The van der Waals surface area contributed by atoms with Crippen LogP contribution in [0.3, 0.4) is 0 Å². The average Bonchev–Trinajstić information content (AvgIpc) is 2.34. The number of hydrogen-bond acceptors (Lipinski definition) is 3. The molecule has 4 nitrogen and oxygen atoms in total. The van der Waals surface area contributed by atoms with Crippen LogP contribution in [0.2, 0.25) is 0 Å². The Morgan fingerprint density at radius 2 is 2.11 bits per heavy atom. The van der Waals surface area contributed by atoms with E-state index in [1.807, 2.05) is 45.0 Å². The molecule has 0 saturated heterocycles. The molecule has 0 radical (unpaired) electrons. The highest BCUT2D eigenvalue weighted by molar-refractivity contribution is 9.10. The summed E-state index contributed by atoms with van der Waals surface area (Å²) in [5, 5.41) is 2.84. The highest BCUT2D eigenvalue weighted by Crippen LogP contribution is 2.18. The van der Waals surface area contributed by atoms with Crippen molar-refractivity contribution in [2.24, 2.45) is 11.7 Å². The second-order valence-electron chi connectivity index (χ2n) is 4.78. The van der Waals surface area contributed by atoms with E-state index >= 15 is 0 Å². The summed E-state index contributed by atoms with van der Waals surface area (Å²) in [6.45, 7) is 6.02. The molecular formula is C14H21BrN2O2. The van der Waals surface area contributed by atoms with E-state index in [0.717, 1.165) is 10.2 Å². The number of halogens is 1. The normalized spacial score (nSPS) is 15.4. The fraction of sp³-hybridized carbons (Fsp3) is 0.500. The molecule has 19 heavy (non-hydrogen) atoms. The molecule has 0 aromatic heterocycles. The summed E-state index contributed by atoms with van der Waals surface area (Å²) in [5.74, 6) is 0.536. The summed E-state index contributed by atoms with van der Waals surface area (Å²) in [7, 11) is 0. The number of rotatable bonds is 6. The molecule has 5 heteroatoms. The van der Waals surface area contributed by atoms with Crippen molar-refractivity contribution in [1.29, 1.82) is 0 Å². The molecule has 3 atom stereocenters. The second-order valence-corrected chi connectivity index (χ2v) is 5.69. The number of hydrogen-bond donors (Lipinski definition) is 2. The van der Waals surface area contributed by atoms with Crippen molar-refractivity contribution >= 4 is 21.8 Å². The van der Waals surface area contributed by atoms with E-state index in [0.29, 0.717) is 6.54 Å². The van der Waals surface area contributed by atoms with E-state index < -0.39 is 0 Å². The number of ether oxygens (including phenoxy) is 1. The molecule has 3 unspecified atom stereocenters. The topological polar surface area (TPSA) is 64.4 Å². The Labute approximate surface area is 122 Å². The quantitative estimate of drug-likeness (QED) is 0.842. The Balaban J connectivity index is 2.40. The van der Waals surface area contributed by atoms with Gasteiger partial charge in [0.15, 0.2) is 0 Å². The lowest BCUT2D eigenvalue weighted by atomic mass is 10.0. The van der Waals surface area contributed by atoms with Crippen LogP contribution in [0.5, 0.6) is 5.75 Å². The number of carbonyl (C=O) groups excluding carboxylic acids is 1. The first kappa shape index (κ1) is 16.0. The molecule has 0 fully saturated rings. The molecular weight excluding hydrogens is 308 g/mol. The van der Waals surface area contributed by atoms with E-state index in [1.165, 1.54) is 0 Å². The van der Waals surface area contributed by atoms with Gasteiger partial charge in [0.25, 0.3) is 0 Å². The van der Waals surface area contributed by atoms with Crippen molar-refractivity contribution in [2.75, 3.05) is 6.54 Å². The van der Waals surface area contributed by atoms with E-state index in [-0.39, 0.29) is 24.0 Å². The van der Waals surface area contributed by atoms with Crippen molar-refractivity contribution < 1.29 is 9.53 Å². The van der Waals surface area contributed by atoms with Crippen molar-refractivity contribution in [3.05, 3.63) is 28.7 Å². The van der Waals surface area contributed by atoms with Crippen LogP contribution >= 0.6 is 15.9 Å². The van der Waals surface area contributed by atoms with E-state index in [2.05, 4.69) is 21.2 Å². The van der Waals surface area contributed by atoms with E-state index in [9.17, 15) is 4.79 Å². The fourth-order valence-electron chi connectivity index (χ4n) is 1.46. The Hall–Kier alpha value is -1.07. The Morgan fingerprint density at radius 3 is 2.68 bits per heavy atom. The molecule has 0 saturated carbocycles. The molecule has 106 valence electrons. The van der Waals surface area contributed by atoms with Crippen LogP contribution in [-0.2, 0) is 4.79 Å². The predicted octanol–water partition coefficient (Wildman–Crippen LogP) is 2.32. The van der Waals surface area contributed by atoms with Gasteiger partial charge < -0.3 is 15.8 Å². The van der Waals surface area contributed by atoms with Gasteiger partial charge in [-0.3, -0.25) is 4.79 Å². The van der Waals surface area contributed by atoms with Crippen LogP contribution in [0, 0.1) is 5.92 Å². The number of nitrogens with one attached hydrogen (secondary N) is 1. The molecule has 0 aliphatic heterocycles. The zero-order valence-corrected chi connectivity index (χ0v) is 13.1. The molecule has 1 aromatic rings. The third-order valence-corrected chi connectivity index (χ3v) is 3.39. The minimum absolute atomic E-state index is 0.0420. The molecule has 3 N–H and O–H groups in total. The standard InChI is InChI=1S/C14H21BrN2O2/c1-9(8-17-14(18)10(2)11(3)16)19-13-6-4-5-12(15)7-13/h4-7,9-11H,8,16H2,1-3H3,(H,17,18). The molecule has 0 spiro atoms. The summed E-state index contributed by atoms with van der Waals surface area (Å²) in [6, 6.07) is 7.46. The SMILES string of the molecule is CC(CNC(=O)C(C)C(C)N)Oc1cccc(Br)c1. The lowest BCUT2D eigenvalue weighted by Crippen LogP contribution is -2.42. The van der Waals surface area contributed by atoms with Gasteiger partial charge in [-0.05, 0) is 32.0 Å². The van der Waals surface area contributed by atoms with Crippen LogP contribution in [-0.4, -0.2) is 24.6 Å². The van der Waals surface area contributed by atoms with Crippen LogP contribution < -0.4 is 15.8 Å². The first-order chi connectivity index (χ1) is 8.90. The van der Waals surface area contributed by atoms with Crippen molar-refractivity contribution in [3.8, 4) is 5.75 Å². The van der Waals surface area contributed by atoms with Crippen LogP contribution in [0.15, 0.2) is 28.7 Å². The highest BCUT2D eigenvalue weighted by Gasteiger charge is 2.17.